The summed E-state index contributed by atoms with van der Waals surface area (Å²) in [5.41, 5.74) is -1.71. The van der Waals surface area contributed by atoms with E-state index < -0.39 is 23.2 Å². The molecule has 1 rings (SSSR count). The molecular weight excluding hydrogens is 219 g/mol. The van der Waals surface area contributed by atoms with Gasteiger partial charge in [0.05, 0.1) is 0 Å². The van der Waals surface area contributed by atoms with Crippen molar-refractivity contribution < 1.29 is 18.0 Å². The van der Waals surface area contributed by atoms with Crippen LogP contribution in [-0.2, 0) is 6.18 Å². The second kappa shape index (κ2) is 3.57. The van der Waals surface area contributed by atoms with Gasteiger partial charge < -0.3 is 0 Å². The lowest BCUT2D eigenvalue weighted by atomic mass is 10.1. The Labute approximate surface area is 82.7 Å². The maximum atomic E-state index is 12.3. The van der Waals surface area contributed by atoms with E-state index in [1.54, 1.807) is 0 Å². The lowest BCUT2D eigenvalue weighted by molar-refractivity contribution is -0.141. The van der Waals surface area contributed by atoms with Crippen LogP contribution in [0.15, 0.2) is 12.1 Å². The zero-order valence-electron chi connectivity index (χ0n) is 7.02. The number of carbonyl (C=O) groups excluding carboxylic acids is 1. The van der Waals surface area contributed by atoms with Crippen LogP contribution in [0.4, 0.5) is 13.2 Å². The lowest BCUT2D eigenvalue weighted by Gasteiger charge is -2.09. The molecule has 76 valence electrons. The van der Waals surface area contributed by atoms with Gasteiger partial charge in [0.2, 0.25) is 0 Å². The van der Waals surface area contributed by atoms with E-state index in [2.05, 4.69) is 4.98 Å². The molecule has 0 atom stereocenters. The molecule has 0 saturated carbocycles. The van der Waals surface area contributed by atoms with E-state index >= 15 is 0 Å². The van der Waals surface area contributed by atoms with Crippen molar-refractivity contribution in [2.45, 2.75) is 13.1 Å². The van der Waals surface area contributed by atoms with E-state index in [4.69, 9.17) is 11.6 Å². The molecule has 0 aliphatic rings. The van der Waals surface area contributed by atoms with Crippen molar-refractivity contribution in [3.8, 4) is 0 Å². The van der Waals surface area contributed by atoms with Crippen LogP contribution in [0.2, 0.25) is 5.15 Å². The first-order chi connectivity index (χ1) is 6.32. The number of alkyl halides is 3. The van der Waals surface area contributed by atoms with Crippen LogP contribution in [0.5, 0.6) is 0 Å². The number of hydrogen-bond acceptors (Lipinski definition) is 2. The molecule has 0 aliphatic heterocycles. The average molecular weight is 224 g/mol. The number of nitrogens with zero attached hydrogens (tertiary/aromatic N) is 1. The fraction of sp³-hybridized carbons (Fsp3) is 0.250. The SMILES string of the molecule is CC(=O)c1ccc(Cl)nc1C(F)(F)F. The number of Topliss-reactive ketones (excluding diaryl/α,β-unsaturated/α-hetero) is 1. The van der Waals surface area contributed by atoms with Crippen LogP contribution in [0, 0.1) is 0 Å². The van der Waals surface area contributed by atoms with Crippen LogP contribution in [0.3, 0.4) is 0 Å². The van der Waals surface area contributed by atoms with Crippen molar-refractivity contribution in [2.75, 3.05) is 0 Å². The molecule has 14 heavy (non-hydrogen) atoms. The highest BCUT2D eigenvalue weighted by molar-refractivity contribution is 6.29. The van der Waals surface area contributed by atoms with Gasteiger partial charge in [-0.15, -0.1) is 0 Å². The quantitative estimate of drug-likeness (QED) is 0.541. The largest absolute Gasteiger partial charge is 0.434 e. The Hall–Kier alpha value is -1.10. The lowest BCUT2D eigenvalue weighted by Crippen LogP contribution is -2.14. The third kappa shape index (κ3) is 2.23. The maximum Gasteiger partial charge on any atom is 0.434 e. The molecule has 0 N–H and O–H groups in total. The van der Waals surface area contributed by atoms with Gasteiger partial charge in [-0.3, -0.25) is 4.79 Å². The Morgan fingerprint density at radius 2 is 2.00 bits per heavy atom. The Morgan fingerprint density at radius 3 is 2.43 bits per heavy atom. The first-order valence-corrected chi connectivity index (χ1v) is 3.95. The smallest absolute Gasteiger partial charge is 0.294 e. The zero-order chi connectivity index (χ0) is 10.9. The summed E-state index contributed by atoms with van der Waals surface area (Å²) in [6.07, 6.45) is -4.66. The van der Waals surface area contributed by atoms with Gasteiger partial charge >= 0.3 is 6.18 Å². The number of hydrogen-bond donors (Lipinski definition) is 0. The first-order valence-electron chi connectivity index (χ1n) is 3.57. The number of rotatable bonds is 1. The summed E-state index contributed by atoms with van der Waals surface area (Å²) in [6, 6.07) is 2.16. The molecule has 0 amide bonds. The van der Waals surface area contributed by atoms with Gasteiger partial charge in [0.1, 0.15) is 5.15 Å². The molecule has 6 heteroatoms. The Morgan fingerprint density at radius 1 is 1.43 bits per heavy atom. The highest BCUT2D eigenvalue weighted by Crippen LogP contribution is 2.31. The van der Waals surface area contributed by atoms with Crippen LogP contribution in [0.25, 0.3) is 0 Å². The molecule has 0 aromatic carbocycles. The van der Waals surface area contributed by atoms with Crippen molar-refractivity contribution in [2.24, 2.45) is 0 Å². The summed E-state index contributed by atoms with van der Waals surface area (Å²) < 4.78 is 36.9. The maximum absolute atomic E-state index is 12.3. The average Bonchev–Trinajstić information content (AvgIpc) is 2.01. The zero-order valence-corrected chi connectivity index (χ0v) is 7.78. The summed E-state index contributed by atoms with van der Waals surface area (Å²) in [5.74, 6) is -0.693. The van der Waals surface area contributed by atoms with Crippen molar-refractivity contribution in [1.82, 2.24) is 4.98 Å². The first kappa shape index (κ1) is 11.0. The Kier molecular flexibility index (Phi) is 2.80. The normalized spacial score (nSPS) is 11.5. The van der Waals surface area contributed by atoms with Crippen molar-refractivity contribution in [1.29, 1.82) is 0 Å². The molecular formula is C8H5ClF3NO. The van der Waals surface area contributed by atoms with Crippen molar-refractivity contribution in [3.63, 3.8) is 0 Å². The Balaban J connectivity index is 3.38. The van der Waals surface area contributed by atoms with Crippen LogP contribution >= 0.6 is 11.6 Å². The standard InChI is InChI=1S/C8H5ClF3NO/c1-4(14)5-2-3-6(9)13-7(5)8(10,11)12/h2-3H,1H3. The summed E-state index contributed by atoms with van der Waals surface area (Å²) in [6.45, 7) is 1.04. The van der Waals surface area contributed by atoms with E-state index in [9.17, 15) is 18.0 Å². The summed E-state index contributed by atoms with van der Waals surface area (Å²) in [7, 11) is 0. The number of aromatic nitrogens is 1. The number of halogens is 4. The summed E-state index contributed by atoms with van der Waals surface area (Å²) in [5, 5.41) is -0.290. The van der Waals surface area contributed by atoms with Gasteiger partial charge in [-0.25, -0.2) is 4.98 Å². The van der Waals surface area contributed by atoms with E-state index in [1.807, 2.05) is 0 Å². The van der Waals surface area contributed by atoms with Gasteiger partial charge in [-0.1, -0.05) is 11.6 Å². The van der Waals surface area contributed by atoms with Gasteiger partial charge in [0, 0.05) is 5.56 Å². The number of carbonyl (C=O) groups is 1. The third-order valence-electron chi connectivity index (χ3n) is 1.51. The van der Waals surface area contributed by atoms with Gasteiger partial charge in [-0.05, 0) is 19.1 Å². The van der Waals surface area contributed by atoms with Gasteiger partial charge in [0.25, 0.3) is 0 Å². The molecule has 1 aromatic heterocycles. The van der Waals surface area contributed by atoms with Crippen molar-refractivity contribution in [3.05, 3.63) is 28.5 Å². The number of ketones is 1. The van der Waals surface area contributed by atoms with E-state index in [1.165, 1.54) is 0 Å². The third-order valence-corrected chi connectivity index (χ3v) is 1.72. The minimum atomic E-state index is -4.66. The van der Waals surface area contributed by atoms with E-state index in [0.29, 0.717) is 0 Å². The van der Waals surface area contributed by atoms with Crippen molar-refractivity contribution >= 4 is 17.4 Å². The minimum absolute atomic E-state index is 0.290. The molecule has 0 radical (unpaired) electrons. The predicted octanol–water partition coefficient (Wildman–Crippen LogP) is 2.96. The molecule has 0 unspecified atom stereocenters. The predicted molar refractivity (Wildman–Crippen MR) is 44.3 cm³/mol. The molecule has 0 saturated heterocycles. The fourth-order valence-electron chi connectivity index (χ4n) is 0.936. The fourth-order valence-corrected chi connectivity index (χ4v) is 1.08. The Bertz CT molecular complexity index is 375. The molecule has 1 heterocycles. The molecule has 0 fully saturated rings. The topological polar surface area (TPSA) is 30.0 Å². The molecule has 1 aromatic rings. The summed E-state index contributed by atoms with van der Waals surface area (Å²) in [4.78, 5) is 13.9. The number of pyridine rings is 1. The second-order valence-electron chi connectivity index (χ2n) is 2.58. The molecule has 0 bridgehead atoms. The molecule has 0 spiro atoms. The summed E-state index contributed by atoms with van der Waals surface area (Å²) >= 11 is 5.31. The van der Waals surface area contributed by atoms with E-state index in [-0.39, 0.29) is 5.15 Å². The molecule has 2 nitrogen and oxygen atoms in total. The second-order valence-corrected chi connectivity index (χ2v) is 2.97. The van der Waals surface area contributed by atoms with E-state index in [0.717, 1.165) is 19.1 Å². The highest BCUT2D eigenvalue weighted by Gasteiger charge is 2.36. The molecule has 0 aliphatic carbocycles. The minimum Gasteiger partial charge on any atom is -0.294 e. The van der Waals surface area contributed by atoms with Crippen LogP contribution in [-0.4, -0.2) is 10.8 Å². The van der Waals surface area contributed by atoms with Gasteiger partial charge in [-0.2, -0.15) is 13.2 Å². The van der Waals surface area contributed by atoms with Crippen LogP contribution < -0.4 is 0 Å². The monoisotopic (exact) mass is 223 g/mol. The van der Waals surface area contributed by atoms with Crippen LogP contribution in [0.1, 0.15) is 23.0 Å². The highest BCUT2D eigenvalue weighted by atomic mass is 35.5. The van der Waals surface area contributed by atoms with Gasteiger partial charge in [0.15, 0.2) is 11.5 Å².